The van der Waals surface area contributed by atoms with E-state index in [0.29, 0.717) is 0 Å². The van der Waals surface area contributed by atoms with Gasteiger partial charge in [0.15, 0.2) is 0 Å². The summed E-state index contributed by atoms with van der Waals surface area (Å²) in [6, 6.07) is 0. The van der Waals surface area contributed by atoms with E-state index in [0.717, 1.165) is 19.3 Å². The van der Waals surface area contributed by atoms with Gasteiger partial charge in [-0.15, -0.1) is 0 Å². The van der Waals surface area contributed by atoms with Crippen LogP contribution in [0, 0.1) is 0 Å². The van der Waals surface area contributed by atoms with Crippen LogP contribution < -0.4 is 0 Å². The normalized spacial score (nSPS) is 13.2. The number of alkyl halides is 3. The van der Waals surface area contributed by atoms with Gasteiger partial charge in [-0.3, -0.25) is 0 Å². The summed E-state index contributed by atoms with van der Waals surface area (Å²) >= 11 is 2.02. The number of carbonyl (C=O) groups excluding carboxylic acids is 1. The van der Waals surface area contributed by atoms with Crippen molar-refractivity contribution in [1.82, 2.24) is 0 Å². The molecule has 0 radical (unpaired) electrons. The van der Waals surface area contributed by atoms with Crippen LogP contribution in [0.5, 0.6) is 0 Å². The van der Waals surface area contributed by atoms with Gasteiger partial charge in [0, 0.05) is 10.3 Å². The van der Waals surface area contributed by atoms with Crippen LogP contribution in [0.2, 0.25) is 0 Å². The average Bonchev–Trinajstić information content (AvgIpc) is 2.41. The van der Waals surface area contributed by atoms with Crippen molar-refractivity contribution in [3.8, 4) is 0 Å². The van der Waals surface area contributed by atoms with Gasteiger partial charge < -0.3 is 4.74 Å². The highest BCUT2D eigenvalue weighted by Crippen LogP contribution is 2.28. The van der Waals surface area contributed by atoms with Crippen LogP contribution in [-0.4, -0.2) is 22.4 Å². The Morgan fingerprint density at radius 1 is 1.05 bits per heavy atom. The number of halogens is 3. The lowest BCUT2D eigenvalue weighted by molar-refractivity contribution is -0.172. The highest BCUT2D eigenvalue weighted by atomic mass is 127. The Balaban J connectivity index is 3.66. The van der Waals surface area contributed by atoms with E-state index >= 15 is 0 Å². The number of carbonyl (C=O) groups is 1. The van der Waals surface area contributed by atoms with Gasteiger partial charge in [-0.1, -0.05) is 80.9 Å². The Kier molecular flexibility index (Phi) is 12.6. The maximum absolute atomic E-state index is 13.5. The molecule has 0 fully saturated rings. The molecule has 0 aromatic heterocycles. The second kappa shape index (κ2) is 12.6. The largest absolute Gasteiger partial charge is 0.462 e. The van der Waals surface area contributed by atoms with E-state index < -0.39 is 18.3 Å². The van der Waals surface area contributed by atoms with Crippen LogP contribution in [0.3, 0.4) is 0 Å². The van der Waals surface area contributed by atoms with Crippen molar-refractivity contribution < 1.29 is 18.3 Å². The van der Waals surface area contributed by atoms with E-state index in [-0.39, 0.29) is 10.5 Å². The Bertz CT molecular complexity index is 273. The molecule has 0 amide bonds. The molecule has 0 aliphatic rings. The van der Waals surface area contributed by atoms with Crippen molar-refractivity contribution >= 4 is 28.6 Å². The van der Waals surface area contributed by atoms with Gasteiger partial charge in [-0.2, -0.15) is 8.78 Å². The molecular formula is C16H29F2IO2. The molecule has 126 valence electrons. The zero-order valence-electron chi connectivity index (χ0n) is 13.3. The lowest BCUT2D eigenvalue weighted by atomic mass is 10.0. The van der Waals surface area contributed by atoms with Crippen molar-refractivity contribution in [2.75, 3.05) is 6.61 Å². The summed E-state index contributed by atoms with van der Waals surface area (Å²) in [5.74, 6) is -4.73. The molecule has 1 unspecified atom stereocenters. The highest BCUT2D eigenvalue weighted by molar-refractivity contribution is 14.1. The molecule has 2 nitrogen and oxygen atoms in total. The first-order valence-corrected chi connectivity index (χ1v) is 9.37. The van der Waals surface area contributed by atoms with Crippen LogP contribution in [0.15, 0.2) is 0 Å². The molecule has 1 atom stereocenters. The Hall–Kier alpha value is 0.0600. The second-order valence-corrected chi connectivity index (χ2v) is 7.25. The fraction of sp³-hybridized carbons (Fsp3) is 0.938. The lowest BCUT2D eigenvalue weighted by Crippen LogP contribution is -2.33. The van der Waals surface area contributed by atoms with Gasteiger partial charge in [-0.05, 0) is 13.3 Å². The van der Waals surface area contributed by atoms with Crippen molar-refractivity contribution in [2.45, 2.75) is 87.9 Å². The minimum atomic E-state index is -3.35. The van der Waals surface area contributed by atoms with Gasteiger partial charge in [0.25, 0.3) is 0 Å². The molecule has 0 aliphatic heterocycles. The van der Waals surface area contributed by atoms with Crippen LogP contribution in [0.4, 0.5) is 8.78 Å². The summed E-state index contributed by atoms with van der Waals surface area (Å²) in [5.41, 5.74) is 0. The van der Waals surface area contributed by atoms with Crippen molar-refractivity contribution in [1.29, 1.82) is 0 Å². The maximum atomic E-state index is 13.5. The van der Waals surface area contributed by atoms with Gasteiger partial charge in [0.2, 0.25) is 0 Å². The average molecular weight is 418 g/mol. The molecule has 0 bridgehead atoms. The quantitative estimate of drug-likeness (QED) is 0.161. The summed E-state index contributed by atoms with van der Waals surface area (Å²) in [7, 11) is 0. The second-order valence-electron chi connectivity index (χ2n) is 5.49. The maximum Gasteiger partial charge on any atom is 0.377 e. The van der Waals surface area contributed by atoms with Crippen molar-refractivity contribution in [3.63, 3.8) is 0 Å². The number of esters is 1. The van der Waals surface area contributed by atoms with Gasteiger partial charge >= 0.3 is 11.9 Å². The molecule has 0 aliphatic carbocycles. The number of hydrogen-bond donors (Lipinski definition) is 0. The molecule has 0 saturated heterocycles. The number of ether oxygens (including phenoxy) is 1. The minimum Gasteiger partial charge on any atom is -0.462 e. The van der Waals surface area contributed by atoms with E-state index in [1.54, 1.807) is 0 Å². The van der Waals surface area contributed by atoms with Gasteiger partial charge in [-0.25, -0.2) is 4.79 Å². The van der Waals surface area contributed by atoms with E-state index in [2.05, 4.69) is 11.7 Å². The molecule has 0 N–H and O–H groups in total. The number of hydrogen-bond acceptors (Lipinski definition) is 2. The lowest BCUT2D eigenvalue weighted by Gasteiger charge is -2.18. The predicted molar refractivity (Wildman–Crippen MR) is 91.2 cm³/mol. The van der Waals surface area contributed by atoms with Crippen LogP contribution in [0.1, 0.15) is 78.1 Å². The van der Waals surface area contributed by atoms with Gasteiger partial charge in [0.1, 0.15) is 0 Å². The first kappa shape index (κ1) is 21.1. The zero-order valence-corrected chi connectivity index (χ0v) is 15.5. The fourth-order valence-electron chi connectivity index (χ4n) is 2.20. The summed E-state index contributed by atoms with van der Waals surface area (Å²) in [6.07, 6.45) is 9.94. The van der Waals surface area contributed by atoms with E-state index in [1.165, 1.54) is 45.4 Å². The van der Waals surface area contributed by atoms with E-state index in [1.807, 2.05) is 22.6 Å². The molecule has 21 heavy (non-hydrogen) atoms. The summed E-state index contributed by atoms with van der Waals surface area (Å²) in [6.45, 7) is 3.74. The first-order valence-electron chi connectivity index (χ1n) is 8.13. The Morgan fingerprint density at radius 3 is 2.10 bits per heavy atom. The van der Waals surface area contributed by atoms with Crippen LogP contribution >= 0.6 is 22.6 Å². The SMILES string of the molecule is CCCCCCCCCCC(I)CC(F)(F)C(=O)OCC. The standard InChI is InChI=1S/C16H29F2IO2/c1-3-5-6-7-8-9-10-11-12-14(19)13-16(17,18)15(20)21-4-2/h14H,3-13H2,1-2H3. The molecule has 0 heterocycles. The molecule has 0 rings (SSSR count). The zero-order chi connectivity index (χ0) is 16.1. The number of rotatable bonds is 13. The minimum absolute atomic E-state index is 0.00162. The molecule has 0 saturated carbocycles. The predicted octanol–water partition coefficient (Wildman–Crippen LogP) is 5.91. The van der Waals surface area contributed by atoms with Crippen molar-refractivity contribution in [2.24, 2.45) is 0 Å². The smallest absolute Gasteiger partial charge is 0.377 e. The fourth-order valence-corrected chi connectivity index (χ4v) is 3.19. The topological polar surface area (TPSA) is 26.3 Å². The summed E-state index contributed by atoms with van der Waals surface area (Å²) < 4.78 is 31.3. The third kappa shape index (κ3) is 11.3. The van der Waals surface area contributed by atoms with E-state index in [4.69, 9.17) is 0 Å². The molecular weight excluding hydrogens is 389 g/mol. The van der Waals surface area contributed by atoms with E-state index in [9.17, 15) is 13.6 Å². The molecule has 0 aromatic carbocycles. The first-order chi connectivity index (χ1) is 9.94. The summed E-state index contributed by atoms with van der Waals surface area (Å²) in [5, 5.41) is 0. The Labute approximate surface area is 141 Å². The number of unbranched alkanes of at least 4 members (excludes halogenated alkanes) is 7. The van der Waals surface area contributed by atoms with Crippen LogP contribution in [0.25, 0.3) is 0 Å². The highest BCUT2D eigenvalue weighted by Gasteiger charge is 2.41. The monoisotopic (exact) mass is 418 g/mol. The van der Waals surface area contributed by atoms with Crippen molar-refractivity contribution in [3.05, 3.63) is 0 Å². The van der Waals surface area contributed by atoms with Crippen LogP contribution in [-0.2, 0) is 9.53 Å². The molecule has 0 spiro atoms. The Morgan fingerprint density at radius 2 is 1.57 bits per heavy atom. The summed E-state index contributed by atoms with van der Waals surface area (Å²) in [4.78, 5) is 11.1. The molecule has 0 aromatic rings. The third-order valence-electron chi connectivity index (χ3n) is 3.42. The van der Waals surface area contributed by atoms with Gasteiger partial charge in [0.05, 0.1) is 6.61 Å². The molecule has 5 heteroatoms. The third-order valence-corrected chi connectivity index (χ3v) is 4.49.